The Morgan fingerprint density at radius 1 is 1.53 bits per heavy atom. The first-order valence-corrected chi connectivity index (χ1v) is 5.25. The molecule has 0 amide bonds. The summed E-state index contributed by atoms with van der Waals surface area (Å²) in [5.41, 5.74) is 0.954. The maximum Gasteiger partial charge on any atom is 0.341 e. The second kappa shape index (κ2) is 3.87. The number of carbonyl (C=O) groups excluding carboxylic acids is 1. The Bertz CT molecular complexity index is 533. The van der Waals surface area contributed by atoms with Gasteiger partial charge in [0.15, 0.2) is 0 Å². The van der Waals surface area contributed by atoms with Crippen LogP contribution >= 0.6 is 27.5 Å². The van der Waals surface area contributed by atoms with Crippen LogP contribution in [0.1, 0.15) is 10.4 Å². The van der Waals surface area contributed by atoms with Crippen LogP contribution in [0.2, 0.25) is 5.02 Å². The summed E-state index contributed by atoms with van der Waals surface area (Å²) in [6.45, 7) is 0. The van der Waals surface area contributed by atoms with Crippen molar-refractivity contribution in [2.24, 2.45) is 0 Å². The van der Waals surface area contributed by atoms with Crippen LogP contribution in [0.3, 0.4) is 0 Å². The summed E-state index contributed by atoms with van der Waals surface area (Å²) in [6, 6.07) is 3.37. The maximum absolute atomic E-state index is 11.4. The Morgan fingerprint density at radius 2 is 2.27 bits per heavy atom. The van der Waals surface area contributed by atoms with E-state index in [0.29, 0.717) is 26.0 Å². The number of hydrogen-bond donors (Lipinski definition) is 0. The van der Waals surface area contributed by atoms with E-state index >= 15 is 0 Å². The molecular formula is C10H6BrClO3. The Hall–Kier alpha value is -1.00. The van der Waals surface area contributed by atoms with E-state index in [1.54, 1.807) is 12.1 Å². The van der Waals surface area contributed by atoms with Crippen molar-refractivity contribution in [3.05, 3.63) is 33.5 Å². The van der Waals surface area contributed by atoms with E-state index in [-0.39, 0.29) is 0 Å². The summed E-state index contributed by atoms with van der Waals surface area (Å²) >= 11 is 9.18. The Balaban J connectivity index is 2.74. The quantitative estimate of drug-likeness (QED) is 0.753. The number of hydrogen-bond acceptors (Lipinski definition) is 3. The van der Waals surface area contributed by atoms with E-state index in [0.717, 1.165) is 0 Å². The molecule has 0 saturated carbocycles. The van der Waals surface area contributed by atoms with Crippen molar-refractivity contribution in [1.29, 1.82) is 0 Å². The number of ether oxygens (including phenoxy) is 1. The molecule has 0 radical (unpaired) electrons. The molecule has 0 aliphatic rings. The number of halogens is 2. The lowest BCUT2D eigenvalue weighted by molar-refractivity contribution is 0.0602. The molecule has 0 unspecified atom stereocenters. The van der Waals surface area contributed by atoms with E-state index in [1.165, 1.54) is 13.4 Å². The molecule has 78 valence electrons. The van der Waals surface area contributed by atoms with Gasteiger partial charge in [0.2, 0.25) is 0 Å². The molecule has 0 atom stereocenters. The zero-order valence-electron chi connectivity index (χ0n) is 7.71. The highest BCUT2D eigenvalue weighted by atomic mass is 79.9. The van der Waals surface area contributed by atoms with E-state index in [1.807, 2.05) is 0 Å². The zero-order valence-corrected chi connectivity index (χ0v) is 10.1. The van der Waals surface area contributed by atoms with Crippen LogP contribution in [0.5, 0.6) is 0 Å². The van der Waals surface area contributed by atoms with Crippen molar-refractivity contribution in [2.45, 2.75) is 0 Å². The molecule has 0 N–H and O–H groups in total. The number of carbonyl (C=O) groups is 1. The molecule has 0 aliphatic carbocycles. The zero-order chi connectivity index (χ0) is 11.0. The van der Waals surface area contributed by atoms with Crippen LogP contribution in [0.25, 0.3) is 11.0 Å². The van der Waals surface area contributed by atoms with Gasteiger partial charge in [0.05, 0.1) is 11.6 Å². The molecule has 1 aromatic heterocycles. The number of methoxy groups -OCH3 is 1. The third-order valence-corrected chi connectivity index (χ3v) is 2.81. The lowest BCUT2D eigenvalue weighted by Crippen LogP contribution is -1.99. The molecule has 0 saturated heterocycles. The van der Waals surface area contributed by atoms with Crippen molar-refractivity contribution >= 4 is 44.5 Å². The largest absolute Gasteiger partial charge is 0.465 e. The van der Waals surface area contributed by atoms with E-state index in [9.17, 15) is 4.79 Å². The van der Waals surface area contributed by atoms with Gasteiger partial charge in [0.1, 0.15) is 17.4 Å². The van der Waals surface area contributed by atoms with Gasteiger partial charge < -0.3 is 9.15 Å². The van der Waals surface area contributed by atoms with E-state index in [4.69, 9.17) is 16.0 Å². The van der Waals surface area contributed by atoms with E-state index in [2.05, 4.69) is 20.7 Å². The lowest BCUT2D eigenvalue weighted by atomic mass is 10.2. The van der Waals surface area contributed by atoms with Gasteiger partial charge in [-0.3, -0.25) is 0 Å². The van der Waals surface area contributed by atoms with Gasteiger partial charge in [0.25, 0.3) is 0 Å². The van der Waals surface area contributed by atoms with Gasteiger partial charge in [-0.2, -0.15) is 0 Å². The number of fused-ring (bicyclic) bond motifs is 1. The number of rotatable bonds is 1. The van der Waals surface area contributed by atoms with E-state index < -0.39 is 5.97 Å². The van der Waals surface area contributed by atoms with Crippen molar-refractivity contribution < 1.29 is 13.9 Å². The van der Waals surface area contributed by atoms with Crippen LogP contribution in [0.4, 0.5) is 0 Å². The summed E-state index contributed by atoms with van der Waals surface area (Å²) in [5.74, 6) is -0.442. The summed E-state index contributed by atoms with van der Waals surface area (Å²) in [6.07, 6.45) is 1.36. The molecule has 2 aromatic rings. The van der Waals surface area contributed by atoms with Gasteiger partial charge in [-0.1, -0.05) is 11.6 Å². The van der Waals surface area contributed by atoms with Gasteiger partial charge in [-0.25, -0.2) is 4.79 Å². The van der Waals surface area contributed by atoms with Crippen molar-refractivity contribution in [2.75, 3.05) is 7.11 Å². The fourth-order valence-electron chi connectivity index (χ4n) is 1.33. The summed E-state index contributed by atoms with van der Waals surface area (Å²) < 4.78 is 10.6. The molecule has 2 rings (SSSR count). The highest BCUT2D eigenvalue weighted by Gasteiger charge is 2.16. The SMILES string of the molecule is COC(=O)c1coc2c(Br)cc(Cl)cc12. The van der Waals surface area contributed by atoms with Crippen molar-refractivity contribution in [3.8, 4) is 0 Å². The van der Waals surface area contributed by atoms with Gasteiger partial charge in [-0.15, -0.1) is 0 Å². The minimum Gasteiger partial charge on any atom is -0.465 e. The Kier molecular flexibility index (Phi) is 2.71. The molecule has 0 aliphatic heterocycles. The maximum atomic E-state index is 11.4. The average molecular weight is 290 g/mol. The molecule has 1 heterocycles. The first-order chi connectivity index (χ1) is 7.13. The normalized spacial score (nSPS) is 10.6. The summed E-state index contributed by atoms with van der Waals surface area (Å²) in [4.78, 5) is 11.4. The predicted octanol–water partition coefficient (Wildman–Crippen LogP) is 3.64. The van der Waals surface area contributed by atoms with Crippen LogP contribution in [0, 0.1) is 0 Å². The van der Waals surface area contributed by atoms with Crippen LogP contribution < -0.4 is 0 Å². The van der Waals surface area contributed by atoms with Crippen LogP contribution in [-0.4, -0.2) is 13.1 Å². The molecule has 15 heavy (non-hydrogen) atoms. The minimum absolute atomic E-state index is 0.371. The van der Waals surface area contributed by atoms with Gasteiger partial charge in [0, 0.05) is 10.4 Å². The fourth-order valence-corrected chi connectivity index (χ4v) is 2.23. The molecule has 0 fully saturated rings. The predicted molar refractivity (Wildman–Crippen MR) is 60.3 cm³/mol. The molecular weight excluding hydrogens is 283 g/mol. The van der Waals surface area contributed by atoms with Gasteiger partial charge >= 0.3 is 5.97 Å². The molecule has 5 heteroatoms. The highest BCUT2D eigenvalue weighted by molar-refractivity contribution is 9.10. The van der Waals surface area contributed by atoms with Crippen molar-refractivity contribution in [1.82, 2.24) is 0 Å². The smallest absolute Gasteiger partial charge is 0.341 e. The Morgan fingerprint density at radius 3 is 2.93 bits per heavy atom. The second-order valence-corrected chi connectivity index (χ2v) is 4.20. The number of furan rings is 1. The number of esters is 1. The minimum atomic E-state index is -0.442. The van der Waals surface area contributed by atoms with Crippen molar-refractivity contribution in [3.63, 3.8) is 0 Å². The lowest BCUT2D eigenvalue weighted by Gasteiger charge is -1.97. The monoisotopic (exact) mass is 288 g/mol. The summed E-state index contributed by atoms with van der Waals surface area (Å²) in [7, 11) is 1.32. The average Bonchev–Trinajstić information content (AvgIpc) is 2.60. The van der Waals surface area contributed by atoms with Gasteiger partial charge in [-0.05, 0) is 28.1 Å². The molecule has 1 aromatic carbocycles. The number of benzene rings is 1. The fraction of sp³-hybridized carbons (Fsp3) is 0.100. The highest BCUT2D eigenvalue weighted by Crippen LogP contribution is 2.31. The summed E-state index contributed by atoms with van der Waals surface area (Å²) in [5, 5.41) is 1.17. The molecule has 0 spiro atoms. The third kappa shape index (κ3) is 1.75. The third-order valence-electron chi connectivity index (χ3n) is 2.00. The first kappa shape index (κ1) is 10.5. The Labute approximate surface area is 99.1 Å². The standard InChI is InChI=1S/C10H6BrClO3/c1-14-10(13)7-4-15-9-6(7)2-5(12)3-8(9)11/h2-4H,1H3. The topological polar surface area (TPSA) is 39.4 Å². The van der Waals surface area contributed by atoms with Crippen LogP contribution in [-0.2, 0) is 4.74 Å². The second-order valence-electron chi connectivity index (χ2n) is 2.91. The van der Waals surface area contributed by atoms with Crippen LogP contribution in [0.15, 0.2) is 27.3 Å². The molecule has 3 nitrogen and oxygen atoms in total. The first-order valence-electron chi connectivity index (χ1n) is 4.08. The molecule has 0 bridgehead atoms.